The van der Waals surface area contributed by atoms with E-state index in [4.69, 9.17) is 34.5 Å². The second-order valence-electron chi connectivity index (χ2n) is 7.32. The third kappa shape index (κ3) is 4.78. The summed E-state index contributed by atoms with van der Waals surface area (Å²) >= 11 is 0. The summed E-state index contributed by atoms with van der Waals surface area (Å²) in [5.74, 6) is -1.92. The molecule has 1 unspecified atom stereocenters. The van der Waals surface area contributed by atoms with Crippen LogP contribution >= 0.6 is 0 Å². The fraction of sp³-hybridized carbons (Fsp3) is 0.667. The lowest BCUT2D eigenvalue weighted by atomic mass is 10.1. The van der Waals surface area contributed by atoms with Crippen molar-refractivity contribution in [3.05, 3.63) is 28.4 Å². The second kappa shape index (κ2) is 9.08. The highest BCUT2D eigenvalue weighted by Crippen LogP contribution is 2.42. The summed E-state index contributed by atoms with van der Waals surface area (Å²) in [4.78, 5) is 39.5. The molecule has 0 bridgehead atoms. The predicted molar refractivity (Wildman–Crippen MR) is 98.4 cm³/mol. The highest BCUT2D eigenvalue weighted by Gasteiger charge is 2.56. The molecule has 2 aliphatic heterocycles. The summed E-state index contributed by atoms with van der Waals surface area (Å²) in [6.45, 7) is 3.35. The van der Waals surface area contributed by atoms with Crippen LogP contribution in [0.5, 0.6) is 0 Å². The fourth-order valence-electron chi connectivity index (χ4n) is 3.37. The molecule has 2 saturated heterocycles. The van der Waals surface area contributed by atoms with E-state index < -0.39 is 53.6 Å². The minimum atomic E-state index is -0.961. The molecule has 166 valence electrons. The first-order valence-corrected chi connectivity index (χ1v) is 9.52. The van der Waals surface area contributed by atoms with Crippen molar-refractivity contribution in [2.75, 3.05) is 19.8 Å². The van der Waals surface area contributed by atoms with Gasteiger partial charge in [-0.25, -0.2) is 9.78 Å². The molecule has 1 amide bonds. The average molecular weight is 427 g/mol. The van der Waals surface area contributed by atoms with Crippen LogP contribution in [0.1, 0.15) is 43.4 Å². The number of aliphatic hydroxyl groups is 1. The molecule has 0 aliphatic carbocycles. The first-order valence-electron chi connectivity index (χ1n) is 9.52. The lowest BCUT2D eigenvalue weighted by molar-refractivity contribution is -0.201. The first kappa shape index (κ1) is 22.2. The lowest BCUT2D eigenvalue weighted by Gasteiger charge is -2.24. The number of hydrogen-bond donors (Lipinski definition) is 2. The molecule has 2 fully saturated rings. The Hall–Kier alpha value is -2.54. The van der Waals surface area contributed by atoms with E-state index in [0.29, 0.717) is 12.8 Å². The van der Waals surface area contributed by atoms with Crippen molar-refractivity contribution < 1.29 is 38.4 Å². The van der Waals surface area contributed by atoms with Gasteiger partial charge in [0.1, 0.15) is 24.9 Å². The number of aromatic nitrogens is 2. The molecule has 1 aromatic rings. The molecule has 0 aromatic carbocycles. The van der Waals surface area contributed by atoms with Crippen molar-refractivity contribution in [1.29, 1.82) is 0 Å². The number of ether oxygens (including phenoxy) is 5. The van der Waals surface area contributed by atoms with E-state index in [0.717, 1.165) is 4.57 Å². The summed E-state index contributed by atoms with van der Waals surface area (Å²) in [5, 5.41) is 8.73. The van der Waals surface area contributed by atoms with Gasteiger partial charge in [-0.1, -0.05) is 0 Å². The third-order valence-electron chi connectivity index (χ3n) is 4.64. The van der Waals surface area contributed by atoms with Gasteiger partial charge in [-0.05, 0) is 26.7 Å². The van der Waals surface area contributed by atoms with Gasteiger partial charge in [-0.3, -0.25) is 14.2 Å². The Morgan fingerprint density at radius 3 is 2.70 bits per heavy atom. The summed E-state index contributed by atoms with van der Waals surface area (Å²) < 4.78 is 28.8. The lowest BCUT2D eigenvalue weighted by Crippen LogP contribution is -2.37. The maximum Gasteiger partial charge on any atom is 0.508 e. The van der Waals surface area contributed by atoms with Gasteiger partial charge in [0.25, 0.3) is 11.5 Å². The van der Waals surface area contributed by atoms with E-state index >= 15 is 0 Å². The van der Waals surface area contributed by atoms with Crippen molar-refractivity contribution in [3.8, 4) is 0 Å². The van der Waals surface area contributed by atoms with Gasteiger partial charge in [0, 0.05) is 19.0 Å². The maximum absolute atomic E-state index is 12.6. The molecule has 3 heterocycles. The smallest absolute Gasteiger partial charge is 0.434 e. The van der Waals surface area contributed by atoms with Crippen LogP contribution in [-0.4, -0.2) is 70.6 Å². The Balaban J connectivity index is 1.72. The SMILES string of the molecule is CC1(C)O[C@@H]2[C@H](O1)C(COC(=O)OCCCCO)O[C@H]2n1ccnc(C(N)=O)c1=O. The minimum absolute atomic E-state index is 0.0117. The number of nitrogens with two attached hydrogens (primary N) is 1. The Bertz CT molecular complexity index is 840. The summed E-state index contributed by atoms with van der Waals surface area (Å²) in [5.41, 5.74) is 4.04. The number of aliphatic hydroxyl groups excluding tert-OH is 1. The summed E-state index contributed by atoms with van der Waals surface area (Å²) in [6, 6.07) is 0. The third-order valence-corrected chi connectivity index (χ3v) is 4.64. The monoisotopic (exact) mass is 427 g/mol. The average Bonchev–Trinajstić information content (AvgIpc) is 3.16. The number of amides is 1. The van der Waals surface area contributed by atoms with Crippen LogP contribution in [0.3, 0.4) is 0 Å². The highest BCUT2D eigenvalue weighted by atomic mass is 16.8. The van der Waals surface area contributed by atoms with Gasteiger partial charge in [0.15, 0.2) is 17.7 Å². The van der Waals surface area contributed by atoms with E-state index in [-0.39, 0.29) is 19.8 Å². The summed E-state index contributed by atoms with van der Waals surface area (Å²) in [6.07, 6.45) is -0.275. The van der Waals surface area contributed by atoms with E-state index in [2.05, 4.69) is 4.98 Å². The molecule has 1 aromatic heterocycles. The zero-order chi connectivity index (χ0) is 21.9. The minimum Gasteiger partial charge on any atom is -0.434 e. The molecule has 4 atom stereocenters. The van der Waals surface area contributed by atoms with Gasteiger partial charge in [-0.2, -0.15) is 0 Å². The van der Waals surface area contributed by atoms with Gasteiger partial charge >= 0.3 is 6.16 Å². The molecule has 30 heavy (non-hydrogen) atoms. The molecular weight excluding hydrogens is 402 g/mol. The highest BCUT2D eigenvalue weighted by molar-refractivity contribution is 5.90. The molecule has 3 N–H and O–H groups in total. The normalized spacial score (nSPS) is 26.9. The van der Waals surface area contributed by atoms with Crippen LogP contribution in [0.4, 0.5) is 4.79 Å². The fourth-order valence-corrected chi connectivity index (χ4v) is 3.37. The zero-order valence-corrected chi connectivity index (χ0v) is 16.7. The number of carbonyl (C=O) groups is 2. The Morgan fingerprint density at radius 2 is 2.00 bits per heavy atom. The molecule has 12 nitrogen and oxygen atoms in total. The quantitative estimate of drug-likeness (QED) is 0.415. The number of unbranched alkanes of at least 4 members (excludes halogenated alkanes) is 1. The molecule has 2 aliphatic rings. The molecular formula is C18H25N3O9. The van der Waals surface area contributed by atoms with Crippen molar-refractivity contribution >= 4 is 12.1 Å². The van der Waals surface area contributed by atoms with Crippen molar-refractivity contribution in [2.45, 2.75) is 57.0 Å². The Kier molecular flexibility index (Phi) is 6.71. The Morgan fingerprint density at radius 1 is 1.27 bits per heavy atom. The number of carbonyl (C=O) groups excluding carboxylic acids is 2. The van der Waals surface area contributed by atoms with Crippen LogP contribution < -0.4 is 11.3 Å². The summed E-state index contributed by atoms with van der Waals surface area (Å²) in [7, 11) is 0. The van der Waals surface area contributed by atoms with E-state index in [1.165, 1.54) is 12.4 Å². The van der Waals surface area contributed by atoms with Crippen molar-refractivity contribution in [1.82, 2.24) is 9.55 Å². The predicted octanol–water partition coefficient (Wildman–Crippen LogP) is -0.315. The molecule has 3 rings (SSSR count). The number of primary amides is 1. The maximum atomic E-state index is 12.6. The van der Waals surface area contributed by atoms with Crippen LogP contribution in [0.25, 0.3) is 0 Å². The van der Waals surface area contributed by atoms with Crippen LogP contribution in [0.15, 0.2) is 17.2 Å². The van der Waals surface area contributed by atoms with Gasteiger partial charge < -0.3 is 34.5 Å². The topological polar surface area (TPSA) is 161 Å². The molecule has 0 radical (unpaired) electrons. The van der Waals surface area contributed by atoms with E-state index in [9.17, 15) is 14.4 Å². The van der Waals surface area contributed by atoms with Gasteiger partial charge in [0.2, 0.25) is 0 Å². The second-order valence-corrected chi connectivity index (χ2v) is 7.32. The molecule has 0 spiro atoms. The molecule has 0 saturated carbocycles. The van der Waals surface area contributed by atoms with Crippen molar-refractivity contribution in [2.24, 2.45) is 5.73 Å². The number of fused-ring (bicyclic) bond motifs is 1. The number of hydrogen-bond acceptors (Lipinski definition) is 10. The number of rotatable bonds is 8. The Labute approximate surface area is 171 Å². The first-order chi connectivity index (χ1) is 14.2. The number of nitrogens with zero attached hydrogens (tertiary/aromatic N) is 2. The van der Waals surface area contributed by atoms with Crippen LogP contribution in [0, 0.1) is 0 Å². The van der Waals surface area contributed by atoms with Crippen molar-refractivity contribution in [3.63, 3.8) is 0 Å². The molecule has 12 heteroatoms. The standard InChI is InChI=1S/C18H25N3O9/c1-18(2)29-12-10(9-27-17(25)26-8-4-3-7-22)28-16(13(12)30-18)21-6-5-20-11(14(19)23)15(21)24/h5-6,10,12-13,16,22H,3-4,7-9H2,1-2H3,(H2,19,23)/t10?,12-,13-,16-/m1/s1. The van der Waals surface area contributed by atoms with E-state index in [1.54, 1.807) is 13.8 Å². The van der Waals surface area contributed by atoms with Crippen LogP contribution in [0.2, 0.25) is 0 Å². The van der Waals surface area contributed by atoms with Gasteiger partial charge in [-0.15, -0.1) is 0 Å². The van der Waals surface area contributed by atoms with E-state index in [1.807, 2.05) is 0 Å². The van der Waals surface area contributed by atoms with Gasteiger partial charge in [0.05, 0.1) is 6.61 Å². The largest absolute Gasteiger partial charge is 0.508 e. The van der Waals surface area contributed by atoms with Crippen LogP contribution in [-0.2, 0) is 23.7 Å². The zero-order valence-electron chi connectivity index (χ0n) is 16.7.